The second kappa shape index (κ2) is 10.4. The molecule has 6 rings (SSSR count). The number of fused-ring (bicyclic) bond motifs is 1. The quantitative estimate of drug-likeness (QED) is 0.396. The molecule has 12 heteroatoms. The number of rotatable bonds is 5. The van der Waals surface area contributed by atoms with E-state index in [1.807, 2.05) is 31.3 Å². The van der Waals surface area contributed by atoms with Crippen molar-refractivity contribution >= 4 is 22.9 Å². The summed E-state index contributed by atoms with van der Waals surface area (Å²) in [4.78, 5) is 24.2. The number of hydrogen-bond donors (Lipinski definition) is 2. The Morgan fingerprint density at radius 3 is 2.66 bits per heavy atom. The lowest BCUT2D eigenvalue weighted by Gasteiger charge is -2.31. The molecule has 4 aromatic rings. The second-order valence-corrected chi connectivity index (χ2v) is 9.39. The molecule has 0 atom stereocenters. The average Bonchev–Trinajstić information content (AvgIpc) is 3.57. The van der Waals surface area contributed by atoms with Crippen molar-refractivity contribution in [3.63, 3.8) is 0 Å². The number of alkyl halides is 3. The van der Waals surface area contributed by atoms with E-state index >= 15 is 0 Å². The van der Waals surface area contributed by atoms with Crippen molar-refractivity contribution < 1.29 is 22.5 Å². The van der Waals surface area contributed by atoms with E-state index in [0.29, 0.717) is 35.6 Å². The summed E-state index contributed by atoms with van der Waals surface area (Å²) in [6, 6.07) is 9.38. The van der Waals surface area contributed by atoms with Crippen LogP contribution in [0.2, 0.25) is 0 Å². The number of nitrogens with one attached hydrogen (secondary N) is 2. The van der Waals surface area contributed by atoms with Crippen LogP contribution in [0.3, 0.4) is 0 Å². The van der Waals surface area contributed by atoms with Crippen molar-refractivity contribution in [2.24, 2.45) is 0 Å². The van der Waals surface area contributed by atoms with Crippen LogP contribution in [0.4, 0.5) is 24.5 Å². The van der Waals surface area contributed by atoms with Gasteiger partial charge in [-0.15, -0.1) is 0 Å². The van der Waals surface area contributed by atoms with Crippen molar-refractivity contribution in [2.75, 3.05) is 43.6 Å². The van der Waals surface area contributed by atoms with Gasteiger partial charge >= 0.3 is 0 Å². The lowest BCUT2D eigenvalue weighted by Crippen LogP contribution is -2.43. The number of anilines is 2. The largest absolute Gasteiger partial charge is 0.369 e. The number of piperazine rings is 1. The van der Waals surface area contributed by atoms with Crippen LogP contribution < -0.4 is 15.5 Å². The maximum Gasteiger partial charge on any atom is 0.274 e. The van der Waals surface area contributed by atoms with Crippen molar-refractivity contribution in [1.82, 2.24) is 24.8 Å². The molecule has 4 heterocycles. The topological polar surface area (TPSA) is 101 Å². The molecule has 3 aromatic heterocycles. The van der Waals surface area contributed by atoms with E-state index in [1.54, 1.807) is 22.7 Å². The molecule has 200 valence electrons. The molecule has 1 amide bonds. The molecule has 0 bridgehead atoms. The summed E-state index contributed by atoms with van der Waals surface area (Å²) in [7, 11) is 0.500. The van der Waals surface area contributed by atoms with Gasteiger partial charge in [-0.25, -0.2) is 13.8 Å². The van der Waals surface area contributed by atoms with Gasteiger partial charge in [0.05, 0.1) is 13.4 Å². The van der Waals surface area contributed by atoms with Gasteiger partial charge in [0.25, 0.3) is 5.91 Å². The summed E-state index contributed by atoms with van der Waals surface area (Å²) in [5.74, 6) is -2.87. The molecule has 0 radical (unpaired) electrons. The van der Waals surface area contributed by atoms with Crippen LogP contribution >= 0.6 is 0 Å². The molecule has 9 nitrogen and oxygen atoms in total. The zero-order valence-electron chi connectivity index (χ0n) is 21.0. The summed E-state index contributed by atoms with van der Waals surface area (Å²) in [5, 5.41) is 10.3. The van der Waals surface area contributed by atoms with Gasteiger partial charge in [-0.05, 0) is 24.6 Å². The monoisotopic (exact) mass is 527 g/mol. The first-order valence-corrected chi connectivity index (χ1v) is 12.3. The van der Waals surface area contributed by atoms with Gasteiger partial charge in [0.15, 0.2) is 0 Å². The summed E-state index contributed by atoms with van der Waals surface area (Å²) in [5.41, 5.74) is 4.25. The van der Waals surface area contributed by atoms with Crippen LogP contribution in [0.5, 0.6) is 0 Å². The number of carbonyl (C=O) groups is 1. The number of halogens is 3. The average molecular weight is 528 g/mol. The molecule has 0 spiro atoms. The number of imidazole rings is 1. The van der Waals surface area contributed by atoms with Gasteiger partial charge in [0, 0.05) is 74.1 Å². The van der Waals surface area contributed by atoms with Gasteiger partial charge in [-0.3, -0.25) is 13.6 Å². The minimum Gasteiger partial charge on any atom is -0.369 e. The Balaban J connectivity index is 0.00000144. The summed E-state index contributed by atoms with van der Waals surface area (Å²) in [6.45, 7) is 5.61. The molecular weight excluding hydrogens is 499 g/mol. The Kier molecular flexibility index (Phi) is 7.06. The highest BCUT2D eigenvalue weighted by Crippen LogP contribution is 2.48. The van der Waals surface area contributed by atoms with Gasteiger partial charge in [0.1, 0.15) is 11.3 Å². The number of amides is 1. The van der Waals surface area contributed by atoms with Crippen molar-refractivity contribution in [3.05, 3.63) is 59.9 Å². The number of carbonyl (C=O) groups excluding carboxylic acids is 1. The van der Waals surface area contributed by atoms with Crippen LogP contribution in [0, 0.1) is 6.92 Å². The van der Waals surface area contributed by atoms with E-state index in [4.69, 9.17) is 4.52 Å². The SMILES string of the molecule is CF.Cc1ccc(-c2noc(C3CC(F)(F)C3)n2)cc1NC(=O)c1cnc2cc(N3CCNCC3)ccn12. The Morgan fingerprint density at radius 1 is 1.16 bits per heavy atom. The molecule has 0 unspecified atom stereocenters. The zero-order valence-corrected chi connectivity index (χ0v) is 21.0. The lowest BCUT2D eigenvalue weighted by atomic mass is 9.81. The van der Waals surface area contributed by atoms with E-state index in [0.717, 1.165) is 37.4 Å². The molecular formula is C26H28F3N7O2. The highest BCUT2D eigenvalue weighted by atomic mass is 19.3. The number of benzene rings is 1. The molecule has 1 aliphatic carbocycles. The minimum absolute atomic E-state index is 0.216. The molecule has 1 aromatic carbocycles. The standard InChI is InChI=1S/C25H25F2N7O2.CH3F/c1-15-2-3-16(22-31-24(36-32-22)17-12-25(26,27)13-17)10-19(15)30-23(35)20-14-29-21-11-18(4-7-34(20)21)33-8-5-28-6-9-33;1-2/h2-4,7,10-11,14,17,28H,5-6,8-9,12-13H2,1H3,(H,30,35);1H3. The molecule has 2 fully saturated rings. The number of aromatic nitrogens is 4. The normalized spacial score (nSPS) is 17.0. The predicted octanol–water partition coefficient (Wildman–Crippen LogP) is 4.45. The number of hydrogen-bond acceptors (Lipinski definition) is 7. The van der Waals surface area contributed by atoms with Gasteiger partial charge in [0.2, 0.25) is 17.6 Å². The first-order chi connectivity index (χ1) is 18.4. The van der Waals surface area contributed by atoms with E-state index in [2.05, 4.69) is 30.7 Å². The van der Waals surface area contributed by atoms with Gasteiger partial charge in [-0.2, -0.15) is 4.98 Å². The van der Waals surface area contributed by atoms with Crippen LogP contribution in [0.15, 0.2) is 47.2 Å². The van der Waals surface area contributed by atoms with E-state index in [1.165, 1.54) is 0 Å². The smallest absolute Gasteiger partial charge is 0.274 e. The van der Waals surface area contributed by atoms with Crippen molar-refractivity contribution in [3.8, 4) is 11.4 Å². The summed E-state index contributed by atoms with van der Waals surface area (Å²) in [6.07, 6.45) is 2.87. The van der Waals surface area contributed by atoms with Crippen molar-refractivity contribution in [2.45, 2.75) is 31.6 Å². The summed E-state index contributed by atoms with van der Waals surface area (Å²) >= 11 is 0. The second-order valence-electron chi connectivity index (χ2n) is 9.39. The maximum atomic E-state index is 13.2. The molecule has 1 saturated carbocycles. The molecule has 2 aliphatic rings. The predicted molar refractivity (Wildman–Crippen MR) is 137 cm³/mol. The van der Waals surface area contributed by atoms with Crippen molar-refractivity contribution in [1.29, 1.82) is 0 Å². The third kappa shape index (κ3) is 5.08. The molecule has 1 saturated heterocycles. The fourth-order valence-corrected chi connectivity index (χ4v) is 4.69. The lowest BCUT2D eigenvalue weighted by molar-refractivity contribution is -0.0925. The summed E-state index contributed by atoms with van der Waals surface area (Å²) < 4.78 is 42.9. The zero-order chi connectivity index (χ0) is 26.9. The highest BCUT2D eigenvalue weighted by Gasteiger charge is 2.48. The Morgan fingerprint density at radius 2 is 1.92 bits per heavy atom. The minimum atomic E-state index is -2.66. The third-order valence-electron chi connectivity index (χ3n) is 6.84. The Labute approximate surface area is 217 Å². The van der Waals surface area contributed by atoms with Crippen LogP contribution in [-0.2, 0) is 0 Å². The first kappa shape index (κ1) is 25.7. The van der Waals surface area contributed by atoms with Crippen LogP contribution in [0.1, 0.15) is 40.7 Å². The Hall–Kier alpha value is -3.93. The molecule has 1 aliphatic heterocycles. The highest BCUT2D eigenvalue weighted by molar-refractivity contribution is 6.04. The number of pyridine rings is 1. The van der Waals surface area contributed by atoms with E-state index in [9.17, 15) is 18.0 Å². The molecule has 2 N–H and O–H groups in total. The fourth-order valence-electron chi connectivity index (χ4n) is 4.69. The third-order valence-corrected chi connectivity index (χ3v) is 6.84. The number of aryl methyl sites for hydroxylation is 1. The Bertz CT molecular complexity index is 1440. The van der Waals surface area contributed by atoms with E-state index < -0.39 is 11.8 Å². The van der Waals surface area contributed by atoms with Gasteiger partial charge < -0.3 is 20.1 Å². The maximum absolute atomic E-state index is 13.2. The van der Waals surface area contributed by atoms with Gasteiger partial charge in [-0.1, -0.05) is 17.3 Å². The molecule has 38 heavy (non-hydrogen) atoms. The number of nitrogens with zero attached hydrogens (tertiary/aromatic N) is 5. The van der Waals surface area contributed by atoms with E-state index in [-0.39, 0.29) is 24.6 Å². The van der Waals surface area contributed by atoms with Crippen LogP contribution in [0.25, 0.3) is 17.0 Å². The van der Waals surface area contributed by atoms with Crippen LogP contribution in [-0.4, -0.2) is 64.7 Å². The fraction of sp³-hybridized carbons (Fsp3) is 0.385. The first-order valence-electron chi connectivity index (χ1n) is 12.3.